The lowest BCUT2D eigenvalue weighted by atomic mass is 10.1. The van der Waals surface area contributed by atoms with Crippen LogP contribution < -0.4 is 5.73 Å². The molecule has 0 spiro atoms. The topological polar surface area (TPSA) is 26.0 Å². The van der Waals surface area contributed by atoms with Crippen molar-refractivity contribution in [2.45, 2.75) is 25.3 Å². The first kappa shape index (κ1) is 10.8. The van der Waals surface area contributed by atoms with Crippen LogP contribution in [0.2, 0.25) is 0 Å². The molecule has 1 unspecified atom stereocenters. The molecule has 0 bridgehead atoms. The molecule has 0 radical (unpaired) electrons. The van der Waals surface area contributed by atoms with E-state index in [1.807, 2.05) is 12.1 Å². The van der Waals surface area contributed by atoms with Gasteiger partial charge >= 0.3 is 0 Å². The summed E-state index contributed by atoms with van der Waals surface area (Å²) in [5.41, 5.74) is 8.28. The Bertz CT molecular complexity index is 401. The molecular weight excluding hydrogens is 257 g/mol. The van der Waals surface area contributed by atoms with Gasteiger partial charge in [0.05, 0.1) is 4.47 Å². The molecule has 3 heteroatoms. The van der Waals surface area contributed by atoms with E-state index in [9.17, 15) is 4.39 Å². The molecule has 0 saturated heterocycles. The second-order valence-corrected chi connectivity index (χ2v) is 4.81. The number of allylic oxidation sites excluding steroid dienone is 1. The molecule has 2 N–H and O–H groups in total. The van der Waals surface area contributed by atoms with E-state index in [0.717, 1.165) is 24.8 Å². The number of hydrogen-bond acceptors (Lipinski definition) is 1. The SMILES string of the molecule is NC1C=C(Cc2ccc(F)c(Br)c2)CC1. The minimum atomic E-state index is -0.212. The molecule has 0 amide bonds. The first-order chi connectivity index (χ1) is 7.15. The maximum atomic E-state index is 13.0. The molecule has 15 heavy (non-hydrogen) atoms. The molecule has 2 rings (SSSR count). The van der Waals surface area contributed by atoms with Gasteiger partial charge in [-0.2, -0.15) is 0 Å². The fourth-order valence-electron chi connectivity index (χ4n) is 1.88. The molecule has 1 aromatic carbocycles. The lowest BCUT2D eigenvalue weighted by Crippen LogP contribution is -2.11. The lowest BCUT2D eigenvalue weighted by Gasteiger charge is -2.03. The summed E-state index contributed by atoms with van der Waals surface area (Å²) in [7, 11) is 0. The number of rotatable bonds is 2. The Morgan fingerprint density at radius 2 is 2.27 bits per heavy atom. The summed E-state index contributed by atoms with van der Waals surface area (Å²) in [5.74, 6) is -0.212. The van der Waals surface area contributed by atoms with Crippen LogP contribution in [-0.4, -0.2) is 6.04 Å². The maximum absolute atomic E-state index is 13.0. The Morgan fingerprint density at radius 3 is 2.87 bits per heavy atom. The van der Waals surface area contributed by atoms with Crippen molar-refractivity contribution in [3.05, 3.63) is 45.7 Å². The van der Waals surface area contributed by atoms with Gasteiger partial charge < -0.3 is 5.73 Å². The van der Waals surface area contributed by atoms with Gasteiger partial charge in [0, 0.05) is 6.04 Å². The van der Waals surface area contributed by atoms with Crippen molar-refractivity contribution >= 4 is 15.9 Å². The molecule has 0 saturated carbocycles. The highest BCUT2D eigenvalue weighted by atomic mass is 79.9. The van der Waals surface area contributed by atoms with Gasteiger partial charge in [-0.05, 0) is 52.9 Å². The van der Waals surface area contributed by atoms with E-state index in [0.29, 0.717) is 4.47 Å². The van der Waals surface area contributed by atoms with Crippen LogP contribution in [-0.2, 0) is 6.42 Å². The molecule has 0 aromatic heterocycles. The van der Waals surface area contributed by atoms with Gasteiger partial charge in [0.1, 0.15) is 5.82 Å². The van der Waals surface area contributed by atoms with Crippen molar-refractivity contribution < 1.29 is 4.39 Å². The molecule has 0 aliphatic heterocycles. The highest BCUT2D eigenvalue weighted by molar-refractivity contribution is 9.10. The molecule has 1 aliphatic carbocycles. The van der Waals surface area contributed by atoms with Crippen molar-refractivity contribution in [3.8, 4) is 0 Å². The van der Waals surface area contributed by atoms with Gasteiger partial charge in [-0.25, -0.2) is 4.39 Å². The molecule has 1 nitrogen and oxygen atoms in total. The van der Waals surface area contributed by atoms with Gasteiger partial charge in [-0.1, -0.05) is 17.7 Å². The normalized spacial score (nSPS) is 20.5. The highest BCUT2D eigenvalue weighted by Gasteiger charge is 2.12. The van der Waals surface area contributed by atoms with Crippen molar-refractivity contribution in [3.63, 3.8) is 0 Å². The summed E-state index contributed by atoms with van der Waals surface area (Å²) in [6, 6.07) is 5.36. The van der Waals surface area contributed by atoms with Gasteiger partial charge in [-0.15, -0.1) is 0 Å². The quantitative estimate of drug-likeness (QED) is 0.821. The van der Waals surface area contributed by atoms with Crippen molar-refractivity contribution in [2.75, 3.05) is 0 Å². The summed E-state index contributed by atoms with van der Waals surface area (Å²) in [4.78, 5) is 0. The molecule has 0 heterocycles. The first-order valence-electron chi connectivity index (χ1n) is 5.04. The number of nitrogens with two attached hydrogens (primary N) is 1. The largest absolute Gasteiger partial charge is 0.324 e. The monoisotopic (exact) mass is 269 g/mol. The zero-order valence-corrected chi connectivity index (χ0v) is 9.93. The zero-order valence-electron chi connectivity index (χ0n) is 8.34. The maximum Gasteiger partial charge on any atom is 0.137 e. The molecule has 0 fully saturated rings. The van der Waals surface area contributed by atoms with Crippen LogP contribution in [0, 0.1) is 5.82 Å². The summed E-state index contributed by atoms with van der Waals surface area (Å²) in [5, 5.41) is 0. The van der Waals surface area contributed by atoms with Gasteiger partial charge in [0.25, 0.3) is 0 Å². The summed E-state index contributed by atoms with van der Waals surface area (Å²) < 4.78 is 13.5. The first-order valence-corrected chi connectivity index (χ1v) is 5.83. The van der Waals surface area contributed by atoms with Crippen molar-refractivity contribution in [1.82, 2.24) is 0 Å². The average Bonchev–Trinajstić information content (AvgIpc) is 2.58. The lowest BCUT2D eigenvalue weighted by molar-refractivity contribution is 0.620. The molecule has 1 aromatic rings. The number of halogens is 2. The van der Waals surface area contributed by atoms with Crippen LogP contribution in [0.5, 0.6) is 0 Å². The third kappa shape index (κ3) is 2.67. The molecule has 1 atom stereocenters. The van der Waals surface area contributed by atoms with Crippen LogP contribution in [0.25, 0.3) is 0 Å². The second-order valence-electron chi connectivity index (χ2n) is 3.95. The molecule has 80 valence electrons. The van der Waals surface area contributed by atoms with E-state index in [4.69, 9.17) is 5.73 Å². The predicted molar refractivity (Wildman–Crippen MR) is 63.1 cm³/mol. The minimum Gasteiger partial charge on any atom is -0.324 e. The Labute approximate surface area is 97.3 Å². The average molecular weight is 270 g/mol. The van der Waals surface area contributed by atoms with Crippen LogP contribution in [0.4, 0.5) is 4.39 Å². The zero-order chi connectivity index (χ0) is 10.8. The fraction of sp³-hybridized carbons (Fsp3) is 0.333. The van der Waals surface area contributed by atoms with E-state index in [-0.39, 0.29) is 11.9 Å². The van der Waals surface area contributed by atoms with Gasteiger partial charge in [0.2, 0.25) is 0 Å². The highest BCUT2D eigenvalue weighted by Crippen LogP contribution is 2.23. The Kier molecular flexibility index (Phi) is 3.22. The smallest absolute Gasteiger partial charge is 0.137 e. The Hall–Kier alpha value is -0.670. The number of benzene rings is 1. The predicted octanol–water partition coefficient (Wildman–Crippen LogP) is 3.18. The molecular formula is C12H13BrFN. The van der Waals surface area contributed by atoms with E-state index in [1.165, 1.54) is 11.6 Å². The second kappa shape index (κ2) is 4.45. The summed E-state index contributed by atoms with van der Waals surface area (Å²) in [6.45, 7) is 0. The summed E-state index contributed by atoms with van der Waals surface area (Å²) in [6.07, 6.45) is 5.11. The van der Waals surface area contributed by atoms with Crippen LogP contribution in [0.1, 0.15) is 18.4 Å². The van der Waals surface area contributed by atoms with Gasteiger partial charge in [-0.3, -0.25) is 0 Å². The molecule has 1 aliphatic rings. The Morgan fingerprint density at radius 1 is 1.47 bits per heavy atom. The van der Waals surface area contributed by atoms with Crippen molar-refractivity contribution in [1.29, 1.82) is 0 Å². The fourth-order valence-corrected chi connectivity index (χ4v) is 2.31. The minimum absolute atomic E-state index is 0.212. The van der Waals surface area contributed by atoms with Gasteiger partial charge in [0.15, 0.2) is 0 Å². The van der Waals surface area contributed by atoms with Crippen LogP contribution >= 0.6 is 15.9 Å². The van der Waals surface area contributed by atoms with E-state index >= 15 is 0 Å². The van der Waals surface area contributed by atoms with E-state index in [1.54, 1.807) is 0 Å². The van der Waals surface area contributed by atoms with Crippen molar-refractivity contribution in [2.24, 2.45) is 5.73 Å². The van der Waals surface area contributed by atoms with Crippen LogP contribution in [0.3, 0.4) is 0 Å². The summed E-state index contributed by atoms with van der Waals surface area (Å²) >= 11 is 3.19. The number of hydrogen-bond donors (Lipinski definition) is 1. The third-order valence-corrected chi connectivity index (χ3v) is 3.27. The van der Waals surface area contributed by atoms with Crippen LogP contribution in [0.15, 0.2) is 34.3 Å². The van der Waals surface area contributed by atoms with E-state index < -0.39 is 0 Å². The van der Waals surface area contributed by atoms with E-state index in [2.05, 4.69) is 22.0 Å². The third-order valence-electron chi connectivity index (χ3n) is 2.66. The standard InChI is InChI=1S/C12H13BrFN/c13-11-7-9(2-4-12(11)14)5-8-1-3-10(15)6-8/h2,4,6-7,10H,1,3,5,15H2. The Balaban J connectivity index is 2.11.